The summed E-state index contributed by atoms with van der Waals surface area (Å²) >= 11 is 0. The van der Waals surface area contributed by atoms with Crippen LogP contribution < -0.4 is 5.32 Å². The van der Waals surface area contributed by atoms with E-state index in [2.05, 4.69) is 15.3 Å². The summed E-state index contributed by atoms with van der Waals surface area (Å²) in [6.45, 7) is 3.49. The van der Waals surface area contributed by atoms with Crippen LogP contribution in [-0.2, 0) is 4.79 Å². The fourth-order valence-electron chi connectivity index (χ4n) is 1.26. The molecular weight excluding hydrogens is 170 g/mol. The van der Waals surface area contributed by atoms with E-state index in [4.69, 9.17) is 5.53 Å². The molecule has 0 unspecified atom stereocenters. The van der Waals surface area contributed by atoms with Crippen LogP contribution in [-0.4, -0.2) is 43.5 Å². The molecule has 1 rings (SSSR count). The standard InChI is InChI=1S/C7H13N5O/c8-11-10-2-1-7(13)12-5-3-9-4-6-12/h9H,1-6H2. The molecule has 0 aromatic carbocycles. The molecule has 0 bridgehead atoms. The molecule has 13 heavy (non-hydrogen) atoms. The van der Waals surface area contributed by atoms with E-state index in [1.165, 1.54) is 0 Å². The summed E-state index contributed by atoms with van der Waals surface area (Å²) in [5.41, 5.74) is 8.01. The minimum atomic E-state index is 0.0777. The number of carbonyl (C=O) groups is 1. The van der Waals surface area contributed by atoms with Crippen LogP contribution in [0.3, 0.4) is 0 Å². The van der Waals surface area contributed by atoms with Crippen molar-refractivity contribution in [3.63, 3.8) is 0 Å². The van der Waals surface area contributed by atoms with Crippen LogP contribution in [0, 0.1) is 0 Å². The summed E-state index contributed by atoms with van der Waals surface area (Å²) in [5.74, 6) is 0.0777. The first kappa shape index (κ1) is 9.83. The Morgan fingerprint density at radius 1 is 1.54 bits per heavy atom. The molecule has 0 radical (unpaired) electrons. The number of carbonyl (C=O) groups excluding carboxylic acids is 1. The molecule has 1 aliphatic rings. The lowest BCUT2D eigenvalue weighted by atomic mass is 10.3. The van der Waals surface area contributed by atoms with E-state index in [1.807, 2.05) is 0 Å². The summed E-state index contributed by atoms with van der Waals surface area (Å²) in [6.07, 6.45) is 0.323. The molecule has 0 saturated carbocycles. The lowest BCUT2D eigenvalue weighted by molar-refractivity contribution is -0.131. The molecule has 6 nitrogen and oxygen atoms in total. The van der Waals surface area contributed by atoms with E-state index < -0.39 is 0 Å². The van der Waals surface area contributed by atoms with Crippen molar-refractivity contribution in [2.24, 2.45) is 5.11 Å². The van der Waals surface area contributed by atoms with Crippen LogP contribution in [0.1, 0.15) is 6.42 Å². The maximum atomic E-state index is 11.4. The fourth-order valence-corrected chi connectivity index (χ4v) is 1.26. The van der Waals surface area contributed by atoms with Crippen LogP contribution >= 0.6 is 0 Å². The van der Waals surface area contributed by atoms with Crippen LogP contribution in [0.5, 0.6) is 0 Å². The SMILES string of the molecule is [N-]=[N+]=NCCC(=O)N1CCNCC1. The number of rotatable bonds is 3. The maximum absolute atomic E-state index is 11.4. The highest BCUT2D eigenvalue weighted by molar-refractivity contribution is 5.76. The number of amides is 1. The van der Waals surface area contributed by atoms with Crippen molar-refractivity contribution in [3.8, 4) is 0 Å². The fraction of sp³-hybridized carbons (Fsp3) is 0.857. The zero-order chi connectivity index (χ0) is 9.52. The molecule has 1 N–H and O–H groups in total. The number of nitrogens with one attached hydrogen (secondary N) is 1. The van der Waals surface area contributed by atoms with E-state index in [0.717, 1.165) is 26.2 Å². The second-order valence-corrected chi connectivity index (χ2v) is 2.84. The molecule has 72 valence electrons. The van der Waals surface area contributed by atoms with Gasteiger partial charge in [0.15, 0.2) is 0 Å². The minimum absolute atomic E-state index is 0.0777. The number of hydrogen-bond donors (Lipinski definition) is 1. The van der Waals surface area contributed by atoms with Gasteiger partial charge in [0.05, 0.1) is 0 Å². The third-order valence-electron chi connectivity index (χ3n) is 1.96. The molecule has 0 atom stereocenters. The van der Waals surface area contributed by atoms with Crippen molar-refractivity contribution in [1.82, 2.24) is 10.2 Å². The minimum Gasteiger partial charge on any atom is -0.340 e. The Balaban J connectivity index is 2.24. The molecule has 0 aliphatic carbocycles. The van der Waals surface area contributed by atoms with Gasteiger partial charge in [-0.3, -0.25) is 4.79 Å². The predicted octanol–water partition coefficient (Wildman–Crippen LogP) is 0.119. The number of nitrogens with zero attached hydrogens (tertiary/aromatic N) is 4. The first-order chi connectivity index (χ1) is 6.34. The number of hydrogen-bond acceptors (Lipinski definition) is 3. The van der Waals surface area contributed by atoms with Gasteiger partial charge in [0.2, 0.25) is 5.91 Å². The van der Waals surface area contributed by atoms with Gasteiger partial charge in [-0.05, 0) is 5.53 Å². The van der Waals surface area contributed by atoms with E-state index >= 15 is 0 Å². The second kappa shape index (κ2) is 5.40. The van der Waals surface area contributed by atoms with E-state index in [9.17, 15) is 4.79 Å². The molecule has 0 spiro atoms. The van der Waals surface area contributed by atoms with Crippen molar-refractivity contribution in [3.05, 3.63) is 10.4 Å². The zero-order valence-corrected chi connectivity index (χ0v) is 7.44. The summed E-state index contributed by atoms with van der Waals surface area (Å²) < 4.78 is 0. The monoisotopic (exact) mass is 183 g/mol. The van der Waals surface area contributed by atoms with Gasteiger partial charge >= 0.3 is 0 Å². The number of azide groups is 1. The highest BCUT2D eigenvalue weighted by Gasteiger charge is 2.14. The van der Waals surface area contributed by atoms with E-state index in [0.29, 0.717) is 6.42 Å². The Morgan fingerprint density at radius 2 is 2.23 bits per heavy atom. The van der Waals surface area contributed by atoms with Gasteiger partial charge in [-0.25, -0.2) is 0 Å². The predicted molar refractivity (Wildman–Crippen MR) is 48.1 cm³/mol. The maximum Gasteiger partial charge on any atom is 0.222 e. The van der Waals surface area contributed by atoms with E-state index in [1.54, 1.807) is 4.90 Å². The van der Waals surface area contributed by atoms with Gasteiger partial charge < -0.3 is 10.2 Å². The molecular formula is C7H13N5O. The molecule has 0 aromatic heterocycles. The first-order valence-electron chi connectivity index (χ1n) is 4.34. The van der Waals surface area contributed by atoms with Crippen LogP contribution in [0.15, 0.2) is 5.11 Å². The molecule has 0 aromatic rings. The first-order valence-corrected chi connectivity index (χ1v) is 4.34. The summed E-state index contributed by atoms with van der Waals surface area (Å²) in [6, 6.07) is 0. The van der Waals surface area contributed by atoms with Gasteiger partial charge in [0.1, 0.15) is 0 Å². The lowest BCUT2D eigenvalue weighted by Crippen LogP contribution is -2.46. The Labute approximate surface area is 76.5 Å². The van der Waals surface area contributed by atoms with E-state index in [-0.39, 0.29) is 12.5 Å². The Kier molecular flexibility index (Phi) is 4.08. The topological polar surface area (TPSA) is 81.1 Å². The van der Waals surface area contributed by atoms with Crippen molar-refractivity contribution < 1.29 is 4.79 Å². The highest BCUT2D eigenvalue weighted by Crippen LogP contribution is 1.97. The molecule has 1 saturated heterocycles. The molecule has 1 heterocycles. The highest BCUT2D eigenvalue weighted by atomic mass is 16.2. The van der Waals surface area contributed by atoms with Crippen LogP contribution in [0.25, 0.3) is 10.4 Å². The normalized spacial score (nSPS) is 16.5. The molecule has 1 aliphatic heterocycles. The van der Waals surface area contributed by atoms with Crippen LogP contribution in [0.4, 0.5) is 0 Å². The largest absolute Gasteiger partial charge is 0.340 e. The summed E-state index contributed by atoms with van der Waals surface area (Å²) in [7, 11) is 0. The van der Waals surface area contributed by atoms with Crippen LogP contribution in [0.2, 0.25) is 0 Å². The van der Waals surface area contributed by atoms with Crippen molar-refractivity contribution >= 4 is 5.91 Å². The molecule has 1 fully saturated rings. The van der Waals surface area contributed by atoms with Crippen molar-refractivity contribution in [1.29, 1.82) is 0 Å². The zero-order valence-electron chi connectivity index (χ0n) is 7.44. The van der Waals surface area contributed by atoms with Crippen molar-refractivity contribution in [2.75, 3.05) is 32.7 Å². The van der Waals surface area contributed by atoms with Crippen molar-refractivity contribution in [2.45, 2.75) is 6.42 Å². The van der Waals surface area contributed by atoms with Gasteiger partial charge in [0.25, 0.3) is 0 Å². The quantitative estimate of drug-likeness (QED) is 0.383. The Bertz CT molecular complexity index is 217. The second-order valence-electron chi connectivity index (χ2n) is 2.84. The van der Waals surface area contributed by atoms with Gasteiger partial charge in [-0.15, -0.1) is 0 Å². The third-order valence-corrected chi connectivity index (χ3v) is 1.96. The summed E-state index contributed by atoms with van der Waals surface area (Å²) in [4.78, 5) is 15.8. The third kappa shape index (κ3) is 3.31. The Hall–Kier alpha value is -1.26. The summed E-state index contributed by atoms with van der Waals surface area (Å²) in [5, 5.41) is 6.49. The Morgan fingerprint density at radius 3 is 2.85 bits per heavy atom. The molecule has 1 amide bonds. The van der Waals surface area contributed by atoms with Gasteiger partial charge in [-0.2, -0.15) is 0 Å². The van der Waals surface area contributed by atoms with Gasteiger partial charge in [0, 0.05) is 44.1 Å². The number of piperazine rings is 1. The van der Waals surface area contributed by atoms with Gasteiger partial charge in [-0.1, -0.05) is 5.11 Å². The average molecular weight is 183 g/mol. The lowest BCUT2D eigenvalue weighted by Gasteiger charge is -2.27. The average Bonchev–Trinajstić information content (AvgIpc) is 2.19. The smallest absolute Gasteiger partial charge is 0.222 e. The molecule has 6 heteroatoms.